The van der Waals surface area contributed by atoms with Crippen LogP contribution in [0.25, 0.3) is 11.4 Å². The fraction of sp³-hybridized carbons (Fsp3) is 0.333. The third kappa shape index (κ3) is 3.87. The summed E-state index contributed by atoms with van der Waals surface area (Å²) in [5.74, 6) is 1.65. The molecule has 1 aromatic heterocycles. The molecule has 0 atom stereocenters. The Labute approximate surface area is 142 Å². The van der Waals surface area contributed by atoms with Crippen LogP contribution in [-0.4, -0.2) is 17.1 Å². The number of aromatic nitrogens is 2. The second kappa shape index (κ2) is 6.95. The van der Waals surface area contributed by atoms with Gasteiger partial charge in [-0.2, -0.15) is 0 Å². The van der Waals surface area contributed by atoms with Gasteiger partial charge in [-0.25, -0.2) is 9.97 Å². The zero-order valence-electron chi connectivity index (χ0n) is 12.0. The van der Waals surface area contributed by atoms with Crippen LogP contribution in [-0.2, 0) is 6.42 Å². The smallest absolute Gasteiger partial charge is 0.161 e. The Kier molecular flexibility index (Phi) is 5.47. The Morgan fingerprint density at radius 2 is 1.95 bits per heavy atom. The predicted molar refractivity (Wildman–Crippen MR) is 90.3 cm³/mol. The monoisotopic (exact) mass is 388 g/mol. The zero-order valence-corrected chi connectivity index (χ0v) is 15.1. The molecule has 6 heteroatoms. The minimum absolute atomic E-state index is 0.405. The molecular weight excluding hydrogens is 375 g/mol. The first kappa shape index (κ1) is 16.5. The van der Waals surface area contributed by atoms with Crippen LogP contribution in [0.3, 0.4) is 0 Å². The number of halogens is 3. The molecule has 0 bridgehead atoms. The Balaban J connectivity index is 2.49. The van der Waals surface area contributed by atoms with Crippen molar-refractivity contribution in [3.8, 4) is 17.1 Å². The highest BCUT2D eigenvalue weighted by Crippen LogP contribution is 2.32. The molecule has 0 aliphatic rings. The average Bonchev–Trinajstić information content (AvgIpc) is 2.43. The highest BCUT2D eigenvalue weighted by Gasteiger charge is 2.14. The summed E-state index contributed by atoms with van der Waals surface area (Å²) in [6.07, 6.45) is 0.819. The van der Waals surface area contributed by atoms with Crippen molar-refractivity contribution in [2.45, 2.75) is 20.3 Å². The fourth-order valence-electron chi connectivity index (χ4n) is 1.92. The molecule has 1 heterocycles. The van der Waals surface area contributed by atoms with Gasteiger partial charge in [0.05, 0.1) is 22.3 Å². The topological polar surface area (TPSA) is 35.0 Å². The maximum Gasteiger partial charge on any atom is 0.161 e. The van der Waals surface area contributed by atoms with Crippen LogP contribution in [0, 0.1) is 5.92 Å². The highest BCUT2D eigenvalue weighted by atomic mass is 79.9. The van der Waals surface area contributed by atoms with Gasteiger partial charge in [0.2, 0.25) is 0 Å². The number of hydrogen-bond acceptors (Lipinski definition) is 3. The lowest BCUT2D eigenvalue weighted by molar-refractivity contribution is 0.415. The summed E-state index contributed by atoms with van der Waals surface area (Å²) in [4.78, 5) is 8.91. The third-order valence-electron chi connectivity index (χ3n) is 2.89. The lowest BCUT2D eigenvalue weighted by atomic mass is 10.1. The van der Waals surface area contributed by atoms with Crippen LogP contribution in [0.4, 0.5) is 0 Å². The van der Waals surface area contributed by atoms with E-state index in [1.54, 1.807) is 19.2 Å². The Bertz CT molecular complexity index is 662. The predicted octanol–water partition coefficient (Wildman–Crippen LogP) is 5.42. The van der Waals surface area contributed by atoms with E-state index in [4.69, 9.17) is 27.9 Å². The minimum atomic E-state index is 0.405. The van der Waals surface area contributed by atoms with Crippen molar-refractivity contribution < 1.29 is 4.74 Å². The van der Waals surface area contributed by atoms with Gasteiger partial charge in [-0.1, -0.05) is 37.0 Å². The molecule has 1 aromatic carbocycles. The molecule has 0 saturated heterocycles. The van der Waals surface area contributed by atoms with E-state index >= 15 is 0 Å². The summed E-state index contributed by atoms with van der Waals surface area (Å²) < 4.78 is 5.90. The number of rotatable bonds is 4. The van der Waals surface area contributed by atoms with E-state index in [-0.39, 0.29) is 0 Å². The van der Waals surface area contributed by atoms with Gasteiger partial charge >= 0.3 is 0 Å². The van der Waals surface area contributed by atoms with Gasteiger partial charge < -0.3 is 4.74 Å². The van der Waals surface area contributed by atoms with Gasteiger partial charge in [0.1, 0.15) is 10.9 Å². The van der Waals surface area contributed by atoms with Crippen LogP contribution in [0.5, 0.6) is 5.75 Å². The number of benzene rings is 1. The van der Waals surface area contributed by atoms with Crippen molar-refractivity contribution in [2.75, 3.05) is 7.11 Å². The van der Waals surface area contributed by atoms with E-state index in [9.17, 15) is 0 Å². The van der Waals surface area contributed by atoms with Crippen LogP contribution in [0.1, 0.15) is 19.5 Å². The van der Waals surface area contributed by atoms with E-state index < -0.39 is 0 Å². The maximum absolute atomic E-state index is 6.20. The summed E-state index contributed by atoms with van der Waals surface area (Å²) in [5, 5.41) is 0.922. The molecule has 0 unspecified atom stereocenters. The summed E-state index contributed by atoms with van der Waals surface area (Å²) in [6.45, 7) is 4.26. The molecule has 0 saturated carbocycles. The largest absolute Gasteiger partial charge is 0.495 e. The summed E-state index contributed by atoms with van der Waals surface area (Å²) in [6, 6.07) is 5.43. The molecule has 2 aromatic rings. The summed E-state index contributed by atoms with van der Waals surface area (Å²) in [5.41, 5.74) is 1.70. The lowest BCUT2D eigenvalue weighted by Gasteiger charge is -2.11. The van der Waals surface area contributed by atoms with Crippen molar-refractivity contribution in [1.29, 1.82) is 0 Å². The normalized spacial score (nSPS) is 11.0. The first-order chi connectivity index (χ1) is 9.92. The maximum atomic E-state index is 6.20. The van der Waals surface area contributed by atoms with Crippen molar-refractivity contribution in [3.05, 3.63) is 38.5 Å². The molecule has 0 aliphatic heterocycles. The van der Waals surface area contributed by atoms with Crippen LogP contribution in [0.15, 0.2) is 22.7 Å². The van der Waals surface area contributed by atoms with Gasteiger partial charge in [-0.05, 0) is 46.5 Å². The Hall–Kier alpha value is -0.840. The Morgan fingerprint density at radius 1 is 1.24 bits per heavy atom. The van der Waals surface area contributed by atoms with Crippen LogP contribution in [0.2, 0.25) is 10.2 Å². The van der Waals surface area contributed by atoms with Gasteiger partial charge in [-0.3, -0.25) is 0 Å². The lowest BCUT2D eigenvalue weighted by Crippen LogP contribution is -2.02. The van der Waals surface area contributed by atoms with Gasteiger partial charge in [0, 0.05) is 5.56 Å². The molecule has 0 spiro atoms. The molecule has 21 heavy (non-hydrogen) atoms. The molecule has 2 rings (SSSR count). The molecule has 0 N–H and O–H groups in total. The van der Waals surface area contributed by atoms with Gasteiger partial charge in [-0.15, -0.1) is 0 Å². The SMILES string of the molecule is COc1ccc(-c2nc(Cl)c(Br)c(CC(C)C)n2)cc1Cl. The minimum Gasteiger partial charge on any atom is -0.495 e. The second-order valence-corrected chi connectivity index (χ2v) is 6.60. The van der Waals surface area contributed by atoms with Crippen molar-refractivity contribution in [3.63, 3.8) is 0 Å². The molecule has 0 aliphatic carbocycles. The average molecular weight is 390 g/mol. The number of ether oxygens (including phenoxy) is 1. The molecular formula is C15H15BrCl2N2O. The van der Waals surface area contributed by atoms with Crippen LogP contribution >= 0.6 is 39.1 Å². The van der Waals surface area contributed by atoms with Crippen LogP contribution < -0.4 is 4.74 Å². The molecule has 0 fully saturated rings. The summed E-state index contributed by atoms with van der Waals surface area (Å²) >= 11 is 15.8. The van der Waals surface area contributed by atoms with E-state index in [0.717, 1.165) is 22.2 Å². The van der Waals surface area contributed by atoms with E-state index in [2.05, 4.69) is 39.7 Å². The molecule has 3 nitrogen and oxygen atoms in total. The highest BCUT2D eigenvalue weighted by molar-refractivity contribution is 9.10. The third-order valence-corrected chi connectivity index (χ3v) is 4.52. The summed E-state index contributed by atoms with van der Waals surface area (Å²) in [7, 11) is 1.58. The van der Waals surface area contributed by atoms with Gasteiger partial charge in [0.15, 0.2) is 5.82 Å². The standard InChI is InChI=1S/C15H15BrCl2N2O/c1-8(2)6-11-13(16)14(18)20-15(19-11)9-4-5-12(21-3)10(17)7-9/h4-5,7-8H,6H2,1-3H3. The first-order valence-electron chi connectivity index (χ1n) is 6.48. The number of hydrogen-bond donors (Lipinski definition) is 0. The van der Waals surface area contributed by atoms with Crippen molar-refractivity contribution >= 4 is 39.1 Å². The molecule has 0 amide bonds. The number of methoxy groups -OCH3 is 1. The second-order valence-electron chi connectivity index (χ2n) is 5.05. The number of nitrogens with zero attached hydrogens (tertiary/aromatic N) is 2. The Morgan fingerprint density at radius 3 is 2.52 bits per heavy atom. The first-order valence-corrected chi connectivity index (χ1v) is 8.03. The van der Waals surface area contributed by atoms with Crippen molar-refractivity contribution in [1.82, 2.24) is 9.97 Å². The fourth-order valence-corrected chi connectivity index (χ4v) is 2.71. The quantitative estimate of drug-likeness (QED) is 0.654. The zero-order chi connectivity index (χ0) is 15.6. The van der Waals surface area contributed by atoms with Crippen molar-refractivity contribution in [2.24, 2.45) is 5.92 Å². The van der Waals surface area contributed by atoms with Gasteiger partial charge in [0.25, 0.3) is 0 Å². The molecule has 0 radical (unpaired) electrons. The molecule has 112 valence electrons. The van der Waals surface area contributed by atoms with E-state index in [0.29, 0.717) is 27.7 Å². The van der Waals surface area contributed by atoms with E-state index in [1.807, 2.05) is 6.07 Å². The van der Waals surface area contributed by atoms with E-state index in [1.165, 1.54) is 0 Å².